The predicted molar refractivity (Wildman–Crippen MR) is 243 cm³/mol. The van der Waals surface area contributed by atoms with Crippen LogP contribution in [0.15, 0.2) is 0 Å². The number of carbonyl (C=O) groups excluding carboxylic acids is 2. The predicted octanol–water partition coefficient (Wildman–Crippen LogP) is 11.5. The number of unbranched alkanes of at least 4 members (excludes halogenated alkanes) is 4. The number of rotatable bonds is 27. The summed E-state index contributed by atoms with van der Waals surface area (Å²) in [5, 5.41) is 35.2. The summed E-state index contributed by atoms with van der Waals surface area (Å²) < 4.78 is 0. The molecule has 8 unspecified atom stereocenters. The van der Waals surface area contributed by atoms with Gasteiger partial charge in [-0.05, 0) is 183 Å². The molecule has 2 rings (SSSR count). The van der Waals surface area contributed by atoms with Crippen LogP contribution in [0.5, 0.6) is 0 Å². The summed E-state index contributed by atoms with van der Waals surface area (Å²) in [5.41, 5.74) is -1.82. The molecule has 0 radical (unpaired) electrons. The Labute approximate surface area is 360 Å². The van der Waals surface area contributed by atoms with Crippen LogP contribution in [0.2, 0.25) is 0 Å². The van der Waals surface area contributed by atoms with Crippen molar-refractivity contribution in [2.45, 2.75) is 255 Å². The van der Waals surface area contributed by atoms with Crippen molar-refractivity contribution in [1.82, 2.24) is 10.6 Å². The number of aliphatic carboxylic acids is 2. The minimum Gasteiger partial charge on any atom is -0.550 e. The number of nitrogens with one attached hydrogen (secondary N) is 2. The molecule has 0 aromatic heterocycles. The lowest BCUT2D eigenvalue weighted by atomic mass is 9.45. The molecule has 2 heterocycles. The average Bonchev–Trinajstić information content (AvgIpc) is 3.08. The highest BCUT2D eigenvalue weighted by Gasteiger charge is 2.63. The van der Waals surface area contributed by atoms with Crippen LogP contribution in [0, 0.1) is 64.6 Å². The Morgan fingerprint density at radius 1 is 0.534 bits per heavy atom. The lowest BCUT2D eigenvalue weighted by Crippen LogP contribution is -2.73. The minimum absolute atomic E-state index is 0.0324. The van der Waals surface area contributed by atoms with Gasteiger partial charge in [-0.1, -0.05) is 109 Å². The quantitative estimate of drug-likeness (QED) is 0.0800. The van der Waals surface area contributed by atoms with E-state index in [1.807, 2.05) is 0 Å². The smallest absolute Gasteiger partial charge is 0.0482 e. The third-order valence-electron chi connectivity index (χ3n) is 15.3. The molecule has 0 aromatic carbocycles. The normalized spacial score (nSPS) is 31.9. The van der Waals surface area contributed by atoms with Crippen molar-refractivity contribution in [3.8, 4) is 0 Å². The van der Waals surface area contributed by atoms with E-state index in [4.69, 9.17) is 0 Å². The number of hydrogen-bond acceptors (Lipinski definition) is 6. The van der Waals surface area contributed by atoms with Gasteiger partial charge in [-0.2, -0.15) is 0 Å². The van der Waals surface area contributed by atoms with E-state index < -0.39 is 17.4 Å². The highest BCUT2D eigenvalue weighted by atomic mass is 16.4. The second kappa shape index (κ2) is 22.8. The summed E-state index contributed by atoms with van der Waals surface area (Å²) in [6, 6.07) is 0. The summed E-state index contributed by atoms with van der Waals surface area (Å²) in [5.74, 6) is 1.67. The first kappa shape index (κ1) is 53.0. The molecule has 342 valence electrons. The van der Waals surface area contributed by atoms with E-state index in [-0.39, 0.29) is 52.2 Å². The van der Waals surface area contributed by atoms with Gasteiger partial charge < -0.3 is 30.4 Å². The van der Waals surface area contributed by atoms with Crippen molar-refractivity contribution < 1.29 is 19.8 Å². The zero-order valence-corrected chi connectivity index (χ0v) is 41.3. The van der Waals surface area contributed by atoms with Gasteiger partial charge in [0.1, 0.15) is 0 Å². The second-order valence-corrected chi connectivity index (χ2v) is 24.0. The summed E-state index contributed by atoms with van der Waals surface area (Å²) in [7, 11) is 0. The first-order valence-corrected chi connectivity index (χ1v) is 24.7. The SMILES string of the molecule is CC(C)CCC1(C)CC(C(CCCCCCCC(=O)[O-])(C(=O)[O-])C2CC(C)(CCC(C)C)NC(C)(CCC(C)C)C2CC(C)C)C(CC(C)C)C(C)(CCC(C)C)N1. The van der Waals surface area contributed by atoms with Gasteiger partial charge >= 0.3 is 0 Å². The standard InChI is InChI=1S/C52H100N2O4/c1-36(2)23-28-48(13)34-44(42(32-40(9)10)50(15,53-48)30-25-38(5)6)52(47(57)58,27-21-19-17-18-20-22-46(55)56)45-35-49(14,29-24-37(3)4)54-51(16,31-26-39(7)8)43(45)33-41(11)12/h36-45,53-54H,17-35H2,1-16H3,(H,55,56)(H,57,58)/p-2. The number of carbonyl (C=O) groups is 2. The van der Waals surface area contributed by atoms with E-state index in [0.29, 0.717) is 48.3 Å². The third-order valence-corrected chi connectivity index (χ3v) is 15.3. The van der Waals surface area contributed by atoms with E-state index in [9.17, 15) is 9.90 Å². The molecule has 2 fully saturated rings. The molecule has 0 amide bonds. The van der Waals surface area contributed by atoms with Crippen molar-refractivity contribution in [3.05, 3.63) is 0 Å². The third kappa shape index (κ3) is 15.3. The maximum atomic E-state index is 15.2. The van der Waals surface area contributed by atoms with Gasteiger partial charge in [-0.3, -0.25) is 0 Å². The van der Waals surface area contributed by atoms with Crippen LogP contribution in [0.1, 0.15) is 233 Å². The summed E-state index contributed by atoms with van der Waals surface area (Å²) in [6.07, 6.45) is 17.1. The molecule has 0 saturated carbocycles. The topological polar surface area (TPSA) is 104 Å². The Kier molecular flexibility index (Phi) is 20.8. The van der Waals surface area contributed by atoms with E-state index in [2.05, 4.69) is 121 Å². The Morgan fingerprint density at radius 3 is 1.21 bits per heavy atom. The van der Waals surface area contributed by atoms with Gasteiger partial charge in [0.05, 0.1) is 0 Å². The summed E-state index contributed by atoms with van der Waals surface area (Å²) in [4.78, 5) is 26.4. The van der Waals surface area contributed by atoms with Crippen molar-refractivity contribution in [1.29, 1.82) is 0 Å². The van der Waals surface area contributed by atoms with Gasteiger partial charge in [-0.25, -0.2) is 0 Å². The number of carboxylic acids is 2. The minimum atomic E-state index is -1.01. The van der Waals surface area contributed by atoms with Gasteiger partial charge in [-0.15, -0.1) is 0 Å². The molecule has 6 nitrogen and oxygen atoms in total. The molecule has 2 saturated heterocycles. The molecule has 6 heteroatoms. The molecule has 0 aromatic rings. The fourth-order valence-corrected chi connectivity index (χ4v) is 12.2. The second-order valence-electron chi connectivity index (χ2n) is 24.0. The fraction of sp³-hybridized carbons (Fsp3) is 0.962. The van der Waals surface area contributed by atoms with Crippen LogP contribution in [-0.2, 0) is 9.59 Å². The Hall–Kier alpha value is -1.14. The molecule has 0 aliphatic carbocycles. The zero-order chi connectivity index (χ0) is 44.3. The van der Waals surface area contributed by atoms with Crippen molar-refractivity contribution in [2.75, 3.05) is 0 Å². The molecule has 58 heavy (non-hydrogen) atoms. The molecular formula is C52H98N2O4-2. The van der Waals surface area contributed by atoms with Crippen molar-refractivity contribution in [3.63, 3.8) is 0 Å². The van der Waals surface area contributed by atoms with Gasteiger partial charge in [0, 0.05) is 39.5 Å². The van der Waals surface area contributed by atoms with Crippen LogP contribution in [0.25, 0.3) is 0 Å². The molecule has 2 N–H and O–H groups in total. The lowest BCUT2D eigenvalue weighted by molar-refractivity contribution is -0.332. The Morgan fingerprint density at radius 2 is 0.879 bits per heavy atom. The van der Waals surface area contributed by atoms with Crippen LogP contribution in [-0.4, -0.2) is 34.1 Å². The fourth-order valence-electron chi connectivity index (χ4n) is 12.2. The molecule has 0 spiro atoms. The first-order chi connectivity index (χ1) is 26.7. The highest BCUT2D eigenvalue weighted by molar-refractivity contribution is 5.74. The van der Waals surface area contributed by atoms with E-state index in [1.54, 1.807) is 0 Å². The van der Waals surface area contributed by atoms with Crippen LogP contribution >= 0.6 is 0 Å². The van der Waals surface area contributed by atoms with Crippen LogP contribution in [0.4, 0.5) is 0 Å². The Bertz CT molecular complexity index is 1160. The van der Waals surface area contributed by atoms with Gasteiger partial charge in [0.2, 0.25) is 0 Å². The van der Waals surface area contributed by atoms with Crippen molar-refractivity contribution >= 4 is 11.9 Å². The van der Waals surface area contributed by atoms with E-state index >= 15 is 9.90 Å². The van der Waals surface area contributed by atoms with Crippen LogP contribution < -0.4 is 20.8 Å². The van der Waals surface area contributed by atoms with Gasteiger partial charge in [0.25, 0.3) is 0 Å². The molecular weight excluding hydrogens is 717 g/mol. The summed E-state index contributed by atoms with van der Waals surface area (Å²) >= 11 is 0. The van der Waals surface area contributed by atoms with E-state index in [1.165, 1.54) is 0 Å². The average molecular weight is 815 g/mol. The monoisotopic (exact) mass is 815 g/mol. The largest absolute Gasteiger partial charge is 0.550 e. The number of piperidine rings is 2. The van der Waals surface area contributed by atoms with Gasteiger partial charge in [0.15, 0.2) is 0 Å². The number of hydrogen-bond donors (Lipinski definition) is 2. The zero-order valence-electron chi connectivity index (χ0n) is 41.3. The van der Waals surface area contributed by atoms with Crippen molar-refractivity contribution in [2.24, 2.45) is 64.6 Å². The maximum Gasteiger partial charge on any atom is 0.0482 e. The number of carboxylic acid groups (broad SMARTS) is 2. The Balaban J connectivity index is 3.08. The molecule has 2 aliphatic rings. The molecule has 2 aliphatic heterocycles. The lowest BCUT2D eigenvalue weighted by Gasteiger charge is -2.66. The highest BCUT2D eigenvalue weighted by Crippen LogP contribution is 2.62. The first-order valence-electron chi connectivity index (χ1n) is 24.7. The molecule has 0 bridgehead atoms. The molecule has 8 atom stereocenters. The maximum absolute atomic E-state index is 15.2. The van der Waals surface area contributed by atoms with Crippen LogP contribution in [0.3, 0.4) is 0 Å². The summed E-state index contributed by atoms with van der Waals surface area (Å²) in [6.45, 7) is 37.8. The van der Waals surface area contributed by atoms with E-state index in [0.717, 1.165) is 103 Å².